The number of carbonyl (C=O) groups excluding carboxylic acids is 2. The first-order valence-corrected chi connectivity index (χ1v) is 8.72. The van der Waals surface area contributed by atoms with E-state index < -0.39 is 6.04 Å². The molecule has 3 aromatic rings. The van der Waals surface area contributed by atoms with Gasteiger partial charge >= 0.3 is 0 Å². The second kappa shape index (κ2) is 7.33. The number of hydrogen-bond donors (Lipinski definition) is 1. The van der Waals surface area contributed by atoms with Gasteiger partial charge in [-0.15, -0.1) is 0 Å². The minimum Gasteiger partial charge on any atom is -0.457 e. The van der Waals surface area contributed by atoms with Crippen LogP contribution in [0.1, 0.15) is 6.42 Å². The molecule has 5 heteroatoms. The molecule has 1 saturated heterocycles. The van der Waals surface area contributed by atoms with E-state index in [2.05, 4.69) is 5.32 Å². The summed E-state index contributed by atoms with van der Waals surface area (Å²) >= 11 is 0. The van der Waals surface area contributed by atoms with Crippen LogP contribution in [0.25, 0.3) is 0 Å². The van der Waals surface area contributed by atoms with Gasteiger partial charge in [0.25, 0.3) is 5.91 Å². The van der Waals surface area contributed by atoms with E-state index in [4.69, 9.17) is 4.74 Å². The number of amides is 2. The standard InChI is InChI=1S/C22H18N2O3/c25-21-15-20(23-16-7-3-1-4-8-16)22(26)24(21)17-11-13-19(14-12-17)27-18-9-5-2-6-10-18/h1-14,20,23H,15H2/t20-/m1/s1. The summed E-state index contributed by atoms with van der Waals surface area (Å²) in [5, 5.41) is 3.13. The lowest BCUT2D eigenvalue weighted by molar-refractivity contribution is -0.121. The molecular weight excluding hydrogens is 340 g/mol. The summed E-state index contributed by atoms with van der Waals surface area (Å²) in [7, 11) is 0. The largest absolute Gasteiger partial charge is 0.457 e. The maximum atomic E-state index is 12.7. The monoisotopic (exact) mass is 358 g/mol. The molecule has 27 heavy (non-hydrogen) atoms. The minimum atomic E-state index is -0.555. The van der Waals surface area contributed by atoms with E-state index in [-0.39, 0.29) is 18.2 Å². The number of anilines is 2. The molecule has 1 aliphatic heterocycles. The summed E-state index contributed by atoms with van der Waals surface area (Å²) in [5.41, 5.74) is 1.36. The summed E-state index contributed by atoms with van der Waals surface area (Å²) in [4.78, 5) is 26.3. The maximum absolute atomic E-state index is 12.7. The van der Waals surface area contributed by atoms with Crippen molar-refractivity contribution in [3.8, 4) is 11.5 Å². The van der Waals surface area contributed by atoms with Gasteiger partial charge in [-0.1, -0.05) is 36.4 Å². The average Bonchev–Trinajstić information content (AvgIpc) is 2.97. The van der Waals surface area contributed by atoms with Gasteiger partial charge in [0.2, 0.25) is 5.91 Å². The highest BCUT2D eigenvalue weighted by Gasteiger charge is 2.39. The molecule has 3 aromatic carbocycles. The van der Waals surface area contributed by atoms with Gasteiger partial charge in [-0.05, 0) is 48.5 Å². The van der Waals surface area contributed by atoms with Gasteiger partial charge < -0.3 is 10.1 Å². The fraction of sp³-hybridized carbons (Fsp3) is 0.0909. The molecule has 1 heterocycles. The Morgan fingerprint density at radius 2 is 1.37 bits per heavy atom. The Kier molecular flexibility index (Phi) is 4.58. The maximum Gasteiger partial charge on any atom is 0.256 e. The zero-order valence-electron chi connectivity index (χ0n) is 14.5. The van der Waals surface area contributed by atoms with Gasteiger partial charge in [0.1, 0.15) is 17.5 Å². The van der Waals surface area contributed by atoms with Crippen molar-refractivity contribution >= 4 is 23.2 Å². The second-order valence-electron chi connectivity index (χ2n) is 6.24. The van der Waals surface area contributed by atoms with Crippen LogP contribution in [0.2, 0.25) is 0 Å². The van der Waals surface area contributed by atoms with Crippen molar-refractivity contribution < 1.29 is 14.3 Å². The summed E-state index contributed by atoms with van der Waals surface area (Å²) in [6.45, 7) is 0. The molecular formula is C22H18N2O3. The fourth-order valence-electron chi connectivity index (χ4n) is 3.04. The lowest BCUT2D eigenvalue weighted by atomic mass is 10.2. The van der Waals surface area contributed by atoms with Crippen molar-refractivity contribution in [2.45, 2.75) is 12.5 Å². The number of nitrogens with zero attached hydrogens (tertiary/aromatic N) is 1. The molecule has 0 radical (unpaired) electrons. The van der Waals surface area contributed by atoms with Crippen molar-refractivity contribution in [2.24, 2.45) is 0 Å². The topological polar surface area (TPSA) is 58.6 Å². The molecule has 2 amide bonds. The summed E-state index contributed by atoms with van der Waals surface area (Å²) < 4.78 is 5.75. The molecule has 0 bridgehead atoms. The van der Waals surface area contributed by atoms with Gasteiger partial charge in [0, 0.05) is 5.69 Å². The minimum absolute atomic E-state index is 0.135. The quantitative estimate of drug-likeness (QED) is 0.694. The molecule has 134 valence electrons. The number of para-hydroxylation sites is 2. The molecule has 0 spiro atoms. The predicted octanol–water partition coefficient (Wildman–Crippen LogP) is 4.22. The molecule has 1 N–H and O–H groups in total. The average molecular weight is 358 g/mol. The highest BCUT2D eigenvalue weighted by molar-refractivity contribution is 6.23. The number of hydrogen-bond acceptors (Lipinski definition) is 4. The van der Waals surface area contributed by atoms with Crippen LogP contribution in [0.3, 0.4) is 0 Å². The van der Waals surface area contributed by atoms with E-state index in [9.17, 15) is 9.59 Å². The SMILES string of the molecule is O=C1C[C@@H](Nc2ccccc2)C(=O)N1c1ccc(Oc2ccccc2)cc1. The third-order valence-electron chi connectivity index (χ3n) is 4.34. The first kappa shape index (κ1) is 16.8. The van der Waals surface area contributed by atoms with Crippen molar-refractivity contribution in [1.82, 2.24) is 0 Å². The van der Waals surface area contributed by atoms with E-state index in [0.29, 0.717) is 11.4 Å². The van der Waals surface area contributed by atoms with Gasteiger partial charge in [0.15, 0.2) is 0 Å². The van der Waals surface area contributed by atoms with Crippen molar-refractivity contribution in [3.63, 3.8) is 0 Å². The van der Waals surface area contributed by atoms with Crippen LogP contribution in [0.15, 0.2) is 84.9 Å². The van der Waals surface area contributed by atoms with Crippen LogP contribution in [0.5, 0.6) is 11.5 Å². The lowest BCUT2D eigenvalue weighted by Gasteiger charge is -2.16. The molecule has 5 nitrogen and oxygen atoms in total. The third kappa shape index (κ3) is 3.67. The molecule has 1 aliphatic rings. The van der Waals surface area contributed by atoms with Crippen molar-refractivity contribution in [3.05, 3.63) is 84.9 Å². The van der Waals surface area contributed by atoms with Crippen molar-refractivity contribution in [1.29, 1.82) is 0 Å². The molecule has 4 rings (SSSR count). The van der Waals surface area contributed by atoms with E-state index >= 15 is 0 Å². The van der Waals surface area contributed by atoms with Crippen molar-refractivity contribution in [2.75, 3.05) is 10.2 Å². The Morgan fingerprint density at radius 1 is 0.778 bits per heavy atom. The van der Waals surface area contributed by atoms with E-state index in [1.807, 2.05) is 60.7 Å². The fourth-order valence-corrected chi connectivity index (χ4v) is 3.04. The molecule has 0 aliphatic carbocycles. The molecule has 0 saturated carbocycles. The van der Waals surface area contributed by atoms with Crippen LogP contribution in [0.4, 0.5) is 11.4 Å². The van der Waals surface area contributed by atoms with Gasteiger partial charge in [-0.2, -0.15) is 0 Å². The Bertz CT molecular complexity index is 940. The molecule has 0 unspecified atom stereocenters. The number of benzene rings is 3. The highest BCUT2D eigenvalue weighted by Crippen LogP contribution is 2.28. The van der Waals surface area contributed by atoms with E-state index in [1.54, 1.807) is 24.3 Å². The van der Waals surface area contributed by atoms with Crippen LogP contribution < -0.4 is 15.0 Å². The zero-order valence-corrected chi connectivity index (χ0v) is 14.5. The van der Waals surface area contributed by atoms with Gasteiger partial charge in [0.05, 0.1) is 12.1 Å². The van der Waals surface area contributed by atoms with Crippen LogP contribution in [-0.4, -0.2) is 17.9 Å². The summed E-state index contributed by atoms with van der Waals surface area (Å²) in [6, 6.07) is 25.2. The van der Waals surface area contributed by atoms with E-state index in [1.165, 1.54) is 4.90 Å². The Labute approximate surface area is 157 Å². The second-order valence-corrected chi connectivity index (χ2v) is 6.24. The predicted molar refractivity (Wildman–Crippen MR) is 104 cm³/mol. The van der Waals surface area contributed by atoms with E-state index in [0.717, 1.165) is 11.4 Å². The molecule has 1 atom stereocenters. The van der Waals surface area contributed by atoms with Crippen LogP contribution in [-0.2, 0) is 9.59 Å². The highest BCUT2D eigenvalue weighted by atomic mass is 16.5. The lowest BCUT2D eigenvalue weighted by Crippen LogP contribution is -2.34. The number of rotatable bonds is 5. The third-order valence-corrected chi connectivity index (χ3v) is 4.34. The summed E-state index contributed by atoms with van der Waals surface area (Å²) in [5.74, 6) is 0.902. The van der Waals surface area contributed by atoms with Crippen LogP contribution >= 0.6 is 0 Å². The Hall–Kier alpha value is -3.60. The normalized spacial score (nSPS) is 16.4. The molecule has 1 fully saturated rings. The number of nitrogens with one attached hydrogen (secondary N) is 1. The zero-order chi connectivity index (χ0) is 18.6. The molecule has 0 aromatic heterocycles. The number of imide groups is 1. The number of ether oxygens (including phenoxy) is 1. The Morgan fingerprint density at radius 3 is 2.04 bits per heavy atom. The summed E-state index contributed by atoms with van der Waals surface area (Å²) in [6.07, 6.45) is 0.135. The first-order valence-electron chi connectivity index (χ1n) is 8.72. The van der Waals surface area contributed by atoms with Gasteiger partial charge in [-0.25, -0.2) is 4.90 Å². The smallest absolute Gasteiger partial charge is 0.256 e. The van der Waals surface area contributed by atoms with Crippen LogP contribution in [0, 0.1) is 0 Å². The van der Waals surface area contributed by atoms with Gasteiger partial charge in [-0.3, -0.25) is 9.59 Å². The number of carbonyl (C=O) groups is 2. The Balaban J connectivity index is 1.48. The first-order chi connectivity index (χ1) is 13.2.